The van der Waals surface area contributed by atoms with Crippen LogP contribution in [-0.2, 0) is 19.1 Å². The van der Waals surface area contributed by atoms with E-state index in [4.69, 9.17) is 9.47 Å². The van der Waals surface area contributed by atoms with Crippen LogP contribution in [0.3, 0.4) is 0 Å². The Hall–Kier alpha value is -1.36. The largest absolute Gasteiger partial charge is 0.462 e. The smallest absolute Gasteiger partial charge is 0.306 e. The number of allylic oxidation sites excluding steroid dienone is 2. The molecule has 0 aromatic rings. The van der Waals surface area contributed by atoms with Crippen LogP contribution in [0, 0.1) is 0 Å². The van der Waals surface area contributed by atoms with Gasteiger partial charge in [0.1, 0.15) is 6.61 Å². The van der Waals surface area contributed by atoms with Gasteiger partial charge in [0.05, 0.1) is 6.61 Å². The molecule has 224 valence electrons. The SMILES string of the molecule is CCCCC=CCCCCCCCC(=O)OC(CO)COC(=O)CCCCCCCCCCCCCCC. The van der Waals surface area contributed by atoms with E-state index in [0.29, 0.717) is 12.8 Å². The van der Waals surface area contributed by atoms with Gasteiger partial charge in [-0.3, -0.25) is 9.59 Å². The average molecular weight is 539 g/mol. The summed E-state index contributed by atoms with van der Waals surface area (Å²) >= 11 is 0. The zero-order chi connectivity index (χ0) is 27.9. The molecule has 0 aliphatic heterocycles. The van der Waals surface area contributed by atoms with Crippen LogP contribution < -0.4 is 0 Å². The van der Waals surface area contributed by atoms with Crippen molar-refractivity contribution in [3.8, 4) is 0 Å². The number of hydrogen-bond acceptors (Lipinski definition) is 5. The molecule has 0 rings (SSSR count). The van der Waals surface area contributed by atoms with Gasteiger partial charge in [-0.05, 0) is 32.1 Å². The zero-order valence-corrected chi connectivity index (χ0v) is 25.2. The summed E-state index contributed by atoms with van der Waals surface area (Å²) < 4.78 is 10.5. The van der Waals surface area contributed by atoms with E-state index in [1.807, 2.05) is 0 Å². The van der Waals surface area contributed by atoms with Crippen LogP contribution in [0.5, 0.6) is 0 Å². The van der Waals surface area contributed by atoms with E-state index in [-0.39, 0.29) is 25.2 Å². The van der Waals surface area contributed by atoms with Gasteiger partial charge in [0.15, 0.2) is 6.10 Å². The number of carbonyl (C=O) groups is 2. The lowest BCUT2D eigenvalue weighted by atomic mass is 10.0. The molecule has 0 saturated carbocycles. The van der Waals surface area contributed by atoms with Gasteiger partial charge in [-0.1, -0.05) is 135 Å². The molecule has 0 saturated heterocycles. The van der Waals surface area contributed by atoms with Crippen LogP contribution in [0.15, 0.2) is 12.2 Å². The second-order valence-electron chi connectivity index (χ2n) is 10.9. The molecule has 0 aliphatic carbocycles. The second kappa shape index (κ2) is 30.2. The highest BCUT2D eigenvalue weighted by Gasteiger charge is 2.16. The summed E-state index contributed by atoms with van der Waals surface area (Å²) in [5.74, 6) is -0.599. The fourth-order valence-electron chi connectivity index (χ4n) is 4.53. The third kappa shape index (κ3) is 27.7. The van der Waals surface area contributed by atoms with Crippen molar-refractivity contribution in [1.29, 1.82) is 0 Å². The van der Waals surface area contributed by atoms with E-state index in [1.54, 1.807) is 0 Å². The van der Waals surface area contributed by atoms with Gasteiger partial charge < -0.3 is 14.6 Å². The lowest BCUT2D eigenvalue weighted by Gasteiger charge is -2.15. The molecule has 1 atom stereocenters. The Labute approximate surface area is 235 Å². The predicted octanol–water partition coefficient (Wildman–Crippen LogP) is 9.39. The van der Waals surface area contributed by atoms with Crippen molar-refractivity contribution in [2.45, 2.75) is 174 Å². The van der Waals surface area contributed by atoms with Crippen molar-refractivity contribution in [2.24, 2.45) is 0 Å². The summed E-state index contributed by atoms with van der Waals surface area (Å²) in [5, 5.41) is 9.47. The van der Waals surface area contributed by atoms with Gasteiger partial charge >= 0.3 is 11.9 Å². The van der Waals surface area contributed by atoms with E-state index >= 15 is 0 Å². The third-order valence-corrected chi connectivity index (χ3v) is 7.06. The van der Waals surface area contributed by atoms with Gasteiger partial charge in [-0.2, -0.15) is 0 Å². The van der Waals surface area contributed by atoms with Crippen LogP contribution in [0.2, 0.25) is 0 Å². The zero-order valence-electron chi connectivity index (χ0n) is 25.2. The highest BCUT2D eigenvalue weighted by molar-refractivity contribution is 5.70. The van der Waals surface area contributed by atoms with Crippen molar-refractivity contribution < 1.29 is 24.2 Å². The number of carbonyl (C=O) groups excluding carboxylic acids is 2. The first-order chi connectivity index (χ1) is 18.6. The van der Waals surface area contributed by atoms with Gasteiger partial charge in [-0.25, -0.2) is 0 Å². The standard InChI is InChI=1S/C33H62O5/c1-3-5-7-9-11-13-15-16-18-19-21-23-25-27-32(35)37-30-31(29-34)38-33(36)28-26-24-22-20-17-14-12-10-8-6-4-2/h10,12,31,34H,3-9,11,13-30H2,1-2H3. The van der Waals surface area contributed by atoms with Gasteiger partial charge in [0.25, 0.3) is 0 Å². The van der Waals surface area contributed by atoms with Crippen molar-refractivity contribution in [3.63, 3.8) is 0 Å². The maximum atomic E-state index is 12.0. The fraction of sp³-hybridized carbons (Fsp3) is 0.879. The van der Waals surface area contributed by atoms with E-state index in [0.717, 1.165) is 44.9 Å². The first-order valence-electron chi connectivity index (χ1n) is 16.2. The fourth-order valence-corrected chi connectivity index (χ4v) is 4.53. The number of esters is 2. The molecule has 1 unspecified atom stereocenters. The minimum Gasteiger partial charge on any atom is -0.462 e. The number of aliphatic hydroxyl groups excluding tert-OH is 1. The van der Waals surface area contributed by atoms with Gasteiger partial charge in [0.2, 0.25) is 0 Å². The molecule has 0 amide bonds. The molecule has 0 aromatic heterocycles. The van der Waals surface area contributed by atoms with Crippen molar-refractivity contribution in [2.75, 3.05) is 13.2 Å². The Morgan fingerprint density at radius 3 is 1.50 bits per heavy atom. The highest BCUT2D eigenvalue weighted by Crippen LogP contribution is 2.13. The topological polar surface area (TPSA) is 72.8 Å². The van der Waals surface area contributed by atoms with Gasteiger partial charge in [0, 0.05) is 12.8 Å². The van der Waals surface area contributed by atoms with E-state index in [9.17, 15) is 14.7 Å². The monoisotopic (exact) mass is 538 g/mol. The molecule has 0 heterocycles. The normalized spacial score (nSPS) is 12.2. The summed E-state index contributed by atoms with van der Waals surface area (Å²) in [6, 6.07) is 0. The molecule has 1 N–H and O–H groups in total. The summed E-state index contributed by atoms with van der Waals surface area (Å²) in [4.78, 5) is 24.0. The second-order valence-corrected chi connectivity index (χ2v) is 10.9. The molecule has 0 radical (unpaired) electrons. The van der Waals surface area contributed by atoms with Crippen LogP contribution in [-0.4, -0.2) is 36.4 Å². The Kier molecular flexibility index (Phi) is 29.1. The summed E-state index contributed by atoms with van der Waals surface area (Å²) in [6.07, 6.45) is 31.2. The number of rotatable bonds is 29. The van der Waals surface area contributed by atoms with Crippen molar-refractivity contribution in [1.82, 2.24) is 0 Å². The maximum Gasteiger partial charge on any atom is 0.306 e. The molecule has 5 nitrogen and oxygen atoms in total. The lowest BCUT2D eigenvalue weighted by Crippen LogP contribution is -2.28. The van der Waals surface area contributed by atoms with E-state index < -0.39 is 6.10 Å². The van der Waals surface area contributed by atoms with Crippen LogP contribution in [0.1, 0.15) is 168 Å². The number of unbranched alkanes of at least 4 members (excludes halogenated alkanes) is 19. The average Bonchev–Trinajstić information content (AvgIpc) is 2.92. The third-order valence-electron chi connectivity index (χ3n) is 7.06. The molecule has 5 heteroatoms. The quantitative estimate of drug-likeness (QED) is 0.0583. The Morgan fingerprint density at radius 2 is 1.00 bits per heavy atom. The Bertz CT molecular complexity index is 546. The molecule has 0 fully saturated rings. The Morgan fingerprint density at radius 1 is 0.579 bits per heavy atom. The summed E-state index contributed by atoms with van der Waals surface area (Å²) in [5.41, 5.74) is 0. The summed E-state index contributed by atoms with van der Waals surface area (Å²) in [7, 11) is 0. The van der Waals surface area contributed by atoms with Crippen molar-refractivity contribution in [3.05, 3.63) is 12.2 Å². The van der Waals surface area contributed by atoms with Crippen LogP contribution >= 0.6 is 0 Å². The predicted molar refractivity (Wildman–Crippen MR) is 159 cm³/mol. The molecule has 38 heavy (non-hydrogen) atoms. The lowest BCUT2D eigenvalue weighted by molar-refractivity contribution is -0.161. The first kappa shape index (κ1) is 36.6. The van der Waals surface area contributed by atoms with Crippen molar-refractivity contribution >= 4 is 11.9 Å². The minimum atomic E-state index is -0.766. The number of aliphatic hydroxyl groups is 1. The molecule has 0 spiro atoms. The molecular formula is C33H62O5. The van der Waals surface area contributed by atoms with Crippen LogP contribution in [0.25, 0.3) is 0 Å². The molecular weight excluding hydrogens is 476 g/mol. The van der Waals surface area contributed by atoms with Gasteiger partial charge in [-0.15, -0.1) is 0 Å². The van der Waals surface area contributed by atoms with Crippen LogP contribution in [0.4, 0.5) is 0 Å². The van der Waals surface area contributed by atoms with E-state index in [2.05, 4.69) is 26.0 Å². The molecule has 0 bridgehead atoms. The molecule has 0 aromatic carbocycles. The number of ether oxygens (including phenoxy) is 2. The molecule has 0 aliphatic rings. The minimum absolute atomic E-state index is 0.0642. The Balaban J connectivity index is 3.57. The number of hydrogen-bond donors (Lipinski definition) is 1. The first-order valence-corrected chi connectivity index (χ1v) is 16.2. The van der Waals surface area contributed by atoms with E-state index in [1.165, 1.54) is 96.3 Å². The highest BCUT2D eigenvalue weighted by atomic mass is 16.6. The maximum absolute atomic E-state index is 12.0. The summed E-state index contributed by atoms with van der Waals surface area (Å²) in [6.45, 7) is 4.08.